The van der Waals surface area contributed by atoms with Gasteiger partial charge in [0.15, 0.2) is 0 Å². The number of hydrogen-bond acceptors (Lipinski definition) is 3. The Kier molecular flexibility index (Phi) is 5.77. The molecule has 0 spiro atoms. The van der Waals surface area contributed by atoms with Crippen LogP contribution >= 0.6 is 0 Å². The fourth-order valence-electron chi connectivity index (χ4n) is 4.01. The monoisotopic (exact) mass is 356 g/mol. The second-order valence-corrected chi connectivity index (χ2v) is 7.61. The first-order valence-corrected chi connectivity index (χ1v) is 9.39. The number of amides is 1. The molecule has 1 fully saturated rings. The number of nitrogens with zero attached hydrogens (tertiary/aromatic N) is 2. The minimum absolute atomic E-state index is 0.0172. The normalized spacial score (nSPS) is 24.6. The van der Waals surface area contributed by atoms with Crippen molar-refractivity contribution in [3.05, 3.63) is 47.0 Å². The van der Waals surface area contributed by atoms with E-state index in [1.165, 1.54) is 11.1 Å². The van der Waals surface area contributed by atoms with Gasteiger partial charge in [0.2, 0.25) is 5.91 Å². The highest BCUT2D eigenvalue weighted by molar-refractivity contribution is 5.85. The SMILES string of the molecule is CC1=C(C)C[C@@H](C(=O)N2CCN(Cc3ccccc3)CC2)[C@@H](C(=O)O)C1. The third-order valence-corrected chi connectivity index (χ3v) is 5.83. The zero-order chi connectivity index (χ0) is 18.7. The zero-order valence-corrected chi connectivity index (χ0v) is 15.6. The van der Waals surface area contributed by atoms with E-state index in [2.05, 4.69) is 17.0 Å². The van der Waals surface area contributed by atoms with E-state index in [0.717, 1.165) is 25.2 Å². The van der Waals surface area contributed by atoms with E-state index in [4.69, 9.17) is 0 Å². The molecule has 1 heterocycles. The first kappa shape index (κ1) is 18.6. The van der Waals surface area contributed by atoms with E-state index in [-0.39, 0.29) is 5.91 Å². The van der Waals surface area contributed by atoms with Crippen LogP contribution in [0.2, 0.25) is 0 Å². The highest BCUT2D eigenvalue weighted by Crippen LogP contribution is 2.35. The summed E-state index contributed by atoms with van der Waals surface area (Å²) in [5.74, 6) is -1.84. The van der Waals surface area contributed by atoms with Crippen molar-refractivity contribution in [3.63, 3.8) is 0 Å². The Hall–Kier alpha value is -2.14. The fourth-order valence-corrected chi connectivity index (χ4v) is 4.01. The molecular formula is C21H28N2O3. The van der Waals surface area contributed by atoms with E-state index < -0.39 is 17.8 Å². The number of aliphatic carboxylic acids is 1. The Bertz CT molecular complexity index is 690. The van der Waals surface area contributed by atoms with Gasteiger partial charge in [-0.25, -0.2) is 0 Å². The maximum absolute atomic E-state index is 13.0. The van der Waals surface area contributed by atoms with Gasteiger partial charge in [0.1, 0.15) is 0 Å². The van der Waals surface area contributed by atoms with Gasteiger partial charge < -0.3 is 10.0 Å². The first-order valence-electron chi connectivity index (χ1n) is 9.39. The zero-order valence-electron chi connectivity index (χ0n) is 15.6. The van der Waals surface area contributed by atoms with E-state index in [0.29, 0.717) is 25.9 Å². The van der Waals surface area contributed by atoms with Gasteiger partial charge in [-0.15, -0.1) is 0 Å². The molecule has 1 aromatic carbocycles. The standard InChI is InChI=1S/C21H28N2O3/c1-15-12-18(19(21(25)26)13-16(15)2)20(24)23-10-8-22(9-11-23)14-17-6-4-3-5-7-17/h3-7,18-19H,8-14H2,1-2H3,(H,25,26)/t18-,19+/m1/s1. The number of carboxylic acids is 1. The van der Waals surface area contributed by atoms with Gasteiger partial charge in [0, 0.05) is 32.7 Å². The van der Waals surface area contributed by atoms with Crippen LogP contribution in [0.1, 0.15) is 32.3 Å². The lowest BCUT2D eigenvalue weighted by atomic mass is 9.76. The molecule has 140 valence electrons. The van der Waals surface area contributed by atoms with Gasteiger partial charge in [-0.05, 0) is 32.3 Å². The molecule has 0 bridgehead atoms. The Morgan fingerprint density at radius 3 is 2.12 bits per heavy atom. The Morgan fingerprint density at radius 2 is 1.54 bits per heavy atom. The molecule has 1 amide bonds. The Balaban J connectivity index is 1.60. The average Bonchev–Trinajstić information content (AvgIpc) is 2.64. The van der Waals surface area contributed by atoms with Crippen molar-refractivity contribution in [2.24, 2.45) is 11.8 Å². The molecule has 26 heavy (non-hydrogen) atoms. The summed E-state index contributed by atoms with van der Waals surface area (Å²) in [5, 5.41) is 9.56. The summed E-state index contributed by atoms with van der Waals surface area (Å²) in [6, 6.07) is 10.3. The van der Waals surface area contributed by atoms with Crippen LogP contribution < -0.4 is 0 Å². The van der Waals surface area contributed by atoms with Crippen LogP contribution in [-0.2, 0) is 16.1 Å². The second kappa shape index (κ2) is 8.04. The minimum Gasteiger partial charge on any atom is -0.481 e. The molecule has 0 aromatic heterocycles. The highest BCUT2D eigenvalue weighted by atomic mass is 16.4. The van der Waals surface area contributed by atoms with Crippen LogP contribution in [0.5, 0.6) is 0 Å². The second-order valence-electron chi connectivity index (χ2n) is 7.61. The molecule has 1 aliphatic carbocycles. The quantitative estimate of drug-likeness (QED) is 0.843. The topological polar surface area (TPSA) is 60.9 Å². The smallest absolute Gasteiger partial charge is 0.307 e. The molecule has 0 saturated carbocycles. The molecule has 1 aromatic rings. The third-order valence-electron chi connectivity index (χ3n) is 5.83. The predicted molar refractivity (Wildman–Crippen MR) is 101 cm³/mol. The molecule has 2 atom stereocenters. The van der Waals surface area contributed by atoms with Gasteiger partial charge in [-0.2, -0.15) is 0 Å². The summed E-state index contributed by atoms with van der Waals surface area (Å²) >= 11 is 0. The van der Waals surface area contributed by atoms with Crippen LogP contribution in [0.3, 0.4) is 0 Å². The summed E-state index contributed by atoms with van der Waals surface area (Å²) < 4.78 is 0. The van der Waals surface area contributed by atoms with Gasteiger partial charge in [0.05, 0.1) is 11.8 Å². The van der Waals surface area contributed by atoms with Crippen molar-refractivity contribution < 1.29 is 14.7 Å². The third kappa shape index (κ3) is 4.15. The number of allylic oxidation sites excluding steroid dienone is 2. The number of benzene rings is 1. The van der Waals surface area contributed by atoms with Crippen LogP contribution in [0.25, 0.3) is 0 Å². The maximum atomic E-state index is 13.0. The lowest BCUT2D eigenvalue weighted by Gasteiger charge is -2.38. The molecule has 2 aliphatic rings. The number of hydrogen-bond donors (Lipinski definition) is 1. The van der Waals surface area contributed by atoms with E-state index in [1.807, 2.05) is 36.9 Å². The van der Waals surface area contributed by atoms with Crippen LogP contribution in [0.15, 0.2) is 41.5 Å². The molecular weight excluding hydrogens is 328 g/mol. The van der Waals surface area contributed by atoms with E-state index in [9.17, 15) is 14.7 Å². The van der Waals surface area contributed by atoms with Crippen LogP contribution in [0.4, 0.5) is 0 Å². The van der Waals surface area contributed by atoms with E-state index in [1.54, 1.807) is 0 Å². The summed E-state index contributed by atoms with van der Waals surface area (Å²) in [5.41, 5.74) is 3.57. The number of rotatable bonds is 4. The number of carbonyl (C=O) groups is 2. The molecule has 5 heteroatoms. The summed E-state index contributed by atoms with van der Waals surface area (Å²) in [6.07, 6.45) is 1.07. The Labute approximate surface area is 155 Å². The number of carboxylic acid groups (broad SMARTS) is 1. The molecule has 1 N–H and O–H groups in total. The number of carbonyl (C=O) groups excluding carboxylic acids is 1. The van der Waals surface area contributed by atoms with Gasteiger partial charge in [-0.1, -0.05) is 41.5 Å². The maximum Gasteiger partial charge on any atom is 0.307 e. The highest BCUT2D eigenvalue weighted by Gasteiger charge is 2.39. The summed E-state index contributed by atoms with van der Waals surface area (Å²) in [7, 11) is 0. The van der Waals surface area contributed by atoms with Gasteiger partial charge in [0.25, 0.3) is 0 Å². The number of piperazine rings is 1. The Morgan fingerprint density at radius 1 is 0.962 bits per heavy atom. The molecule has 0 radical (unpaired) electrons. The summed E-state index contributed by atoms with van der Waals surface area (Å²) in [6.45, 7) is 7.91. The largest absolute Gasteiger partial charge is 0.481 e. The lowest BCUT2D eigenvalue weighted by Crippen LogP contribution is -2.51. The summed E-state index contributed by atoms with van der Waals surface area (Å²) in [4.78, 5) is 28.9. The van der Waals surface area contributed by atoms with Crippen molar-refractivity contribution in [1.82, 2.24) is 9.80 Å². The van der Waals surface area contributed by atoms with Crippen molar-refractivity contribution in [1.29, 1.82) is 0 Å². The van der Waals surface area contributed by atoms with Crippen molar-refractivity contribution >= 4 is 11.9 Å². The van der Waals surface area contributed by atoms with Crippen molar-refractivity contribution in [2.75, 3.05) is 26.2 Å². The van der Waals surface area contributed by atoms with Crippen molar-refractivity contribution in [2.45, 2.75) is 33.2 Å². The minimum atomic E-state index is -0.849. The van der Waals surface area contributed by atoms with E-state index >= 15 is 0 Å². The molecule has 3 rings (SSSR count). The fraction of sp³-hybridized carbons (Fsp3) is 0.524. The van der Waals surface area contributed by atoms with Crippen LogP contribution in [-0.4, -0.2) is 53.0 Å². The van der Waals surface area contributed by atoms with Gasteiger partial charge in [-0.3, -0.25) is 14.5 Å². The van der Waals surface area contributed by atoms with Crippen LogP contribution in [0, 0.1) is 11.8 Å². The predicted octanol–water partition coefficient (Wildman–Crippen LogP) is 2.78. The lowest BCUT2D eigenvalue weighted by molar-refractivity contribution is -0.151. The average molecular weight is 356 g/mol. The van der Waals surface area contributed by atoms with Crippen molar-refractivity contribution in [3.8, 4) is 0 Å². The van der Waals surface area contributed by atoms with Gasteiger partial charge >= 0.3 is 5.97 Å². The molecule has 0 unspecified atom stereocenters. The molecule has 1 saturated heterocycles. The molecule has 5 nitrogen and oxygen atoms in total. The molecule has 1 aliphatic heterocycles. The first-order chi connectivity index (χ1) is 12.5.